The Morgan fingerprint density at radius 1 is 1.27 bits per heavy atom. The Hall–Kier alpha value is -2.56. The highest BCUT2D eigenvalue weighted by molar-refractivity contribution is 6.03. The second-order valence-electron chi connectivity index (χ2n) is 5.45. The van der Waals surface area contributed by atoms with E-state index in [2.05, 4.69) is 5.32 Å². The van der Waals surface area contributed by atoms with Gasteiger partial charge in [-0.1, -0.05) is 6.07 Å². The van der Waals surface area contributed by atoms with Gasteiger partial charge in [0, 0.05) is 5.69 Å². The monoisotopic (exact) mass is 300 g/mol. The van der Waals surface area contributed by atoms with Crippen LogP contribution in [0.5, 0.6) is 5.75 Å². The maximum atomic E-state index is 12.9. The molecule has 1 unspecified atom stereocenters. The average Bonchev–Trinajstić information content (AvgIpc) is 2.49. The Morgan fingerprint density at radius 3 is 2.73 bits per heavy atom. The van der Waals surface area contributed by atoms with Crippen molar-refractivity contribution in [2.24, 2.45) is 0 Å². The third-order valence-corrected chi connectivity index (χ3v) is 3.51. The third-order valence-electron chi connectivity index (χ3n) is 3.51. The zero-order chi connectivity index (χ0) is 15.7. The number of carbonyl (C=O) groups excluding carboxylic acids is 1. The van der Waals surface area contributed by atoms with Crippen molar-refractivity contribution in [2.45, 2.75) is 20.0 Å². The number of urea groups is 1. The number of nitrogens with one attached hydrogen (secondary N) is 1. The van der Waals surface area contributed by atoms with Crippen LogP contribution in [0.4, 0.5) is 20.6 Å². The molecular formula is C17H17FN2O2. The number of halogens is 1. The molecule has 0 fully saturated rings. The summed E-state index contributed by atoms with van der Waals surface area (Å²) >= 11 is 0. The Bertz CT molecular complexity index is 700. The molecule has 2 amide bonds. The van der Waals surface area contributed by atoms with Gasteiger partial charge in [0.05, 0.1) is 12.2 Å². The number of carbonyl (C=O) groups is 1. The molecule has 0 radical (unpaired) electrons. The molecule has 2 aromatic carbocycles. The number of hydrogen-bond donors (Lipinski definition) is 1. The van der Waals surface area contributed by atoms with Crippen LogP contribution >= 0.6 is 0 Å². The van der Waals surface area contributed by atoms with Crippen molar-refractivity contribution in [1.29, 1.82) is 0 Å². The van der Waals surface area contributed by atoms with Crippen molar-refractivity contribution < 1.29 is 13.9 Å². The largest absolute Gasteiger partial charge is 0.487 e. The van der Waals surface area contributed by atoms with Crippen molar-refractivity contribution in [3.63, 3.8) is 0 Å². The highest BCUT2D eigenvalue weighted by Gasteiger charge is 2.27. The van der Waals surface area contributed by atoms with Crippen LogP contribution in [0.15, 0.2) is 42.5 Å². The van der Waals surface area contributed by atoms with Crippen molar-refractivity contribution in [3.05, 3.63) is 53.8 Å². The summed E-state index contributed by atoms with van der Waals surface area (Å²) in [5.41, 5.74) is 2.36. The number of nitrogens with zero attached hydrogens (tertiary/aromatic N) is 1. The fraction of sp³-hybridized carbons (Fsp3) is 0.235. The minimum Gasteiger partial charge on any atom is -0.487 e. The standard InChI is InChI=1S/C17H17FN2O2/c1-11-3-8-16-15(9-11)20(10-12(2)22-16)17(21)19-14-6-4-13(18)5-7-14/h3-9,12H,10H2,1-2H3,(H,19,21). The smallest absolute Gasteiger partial charge is 0.326 e. The van der Waals surface area contributed by atoms with Crippen molar-refractivity contribution in [1.82, 2.24) is 0 Å². The predicted octanol–water partition coefficient (Wildman–Crippen LogP) is 3.95. The second-order valence-corrected chi connectivity index (χ2v) is 5.45. The fourth-order valence-electron chi connectivity index (χ4n) is 2.46. The molecule has 3 rings (SSSR count). The summed E-state index contributed by atoms with van der Waals surface area (Å²) in [5.74, 6) is 0.359. The summed E-state index contributed by atoms with van der Waals surface area (Å²) in [6.07, 6.45) is -0.0887. The molecule has 0 saturated carbocycles. The summed E-state index contributed by atoms with van der Waals surface area (Å²) in [4.78, 5) is 14.2. The molecule has 0 saturated heterocycles. The van der Waals surface area contributed by atoms with Gasteiger partial charge in [0.2, 0.25) is 0 Å². The Balaban J connectivity index is 1.86. The molecule has 22 heavy (non-hydrogen) atoms. The lowest BCUT2D eigenvalue weighted by Crippen LogP contribution is -2.44. The Labute approximate surface area is 128 Å². The van der Waals surface area contributed by atoms with Gasteiger partial charge in [-0.2, -0.15) is 0 Å². The van der Waals surface area contributed by atoms with Gasteiger partial charge < -0.3 is 10.1 Å². The normalized spacial score (nSPS) is 16.7. The first-order valence-corrected chi connectivity index (χ1v) is 7.14. The van der Waals surface area contributed by atoms with Crippen LogP contribution in [0, 0.1) is 12.7 Å². The third kappa shape index (κ3) is 2.88. The van der Waals surface area contributed by atoms with Gasteiger partial charge in [0.1, 0.15) is 17.7 Å². The number of ether oxygens (including phenoxy) is 1. The van der Waals surface area contributed by atoms with E-state index >= 15 is 0 Å². The SMILES string of the molecule is Cc1ccc2c(c1)N(C(=O)Nc1ccc(F)cc1)CC(C)O2. The van der Waals surface area contributed by atoms with Gasteiger partial charge in [0.25, 0.3) is 0 Å². The summed E-state index contributed by atoms with van der Waals surface area (Å²) in [5, 5.41) is 2.78. The highest BCUT2D eigenvalue weighted by Crippen LogP contribution is 2.34. The summed E-state index contributed by atoms with van der Waals surface area (Å²) in [6, 6.07) is 11.2. The van der Waals surface area contributed by atoms with E-state index in [-0.39, 0.29) is 18.0 Å². The van der Waals surface area contributed by atoms with Gasteiger partial charge in [-0.25, -0.2) is 9.18 Å². The van der Waals surface area contributed by atoms with Gasteiger partial charge in [-0.3, -0.25) is 4.90 Å². The Kier molecular flexibility index (Phi) is 3.71. The summed E-state index contributed by atoms with van der Waals surface area (Å²) in [7, 11) is 0. The van der Waals surface area contributed by atoms with E-state index in [1.807, 2.05) is 32.0 Å². The van der Waals surface area contributed by atoms with Crippen LogP contribution in [0.25, 0.3) is 0 Å². The molecule has 114 valence electrons. The van der Waals surface area contributed by atoms with Crippen LogP contribution in [-0.2, 0) is 0 Å². The van der Waals surface area contributed by atoms with Crippen LogP contribution in [0.1, 0.15) is 12.5 Å². The number of benzene rings is 2. The topological polar surface area (TPSA) is 41.6 Å². The maximum Gasteiger partial charge on any atom is 0.326 e. The number of rotatable bonds is 1. The van der Waals surface area contributed by atoms with E-state index in [9.17, 15) is 9.18 Å². The molecule has 0 aliphatic carbocycles. The van der Waals surface area contributed by atoms with Crippen molar-refractivity contribution >= 4 is 17.4 Å². The number of fused-ring (bicyclic) bond motifs is 1. The van der Waals surface area contributed by atoms with E-state index in [4.69, 9.17) is 4.74 Å². The molecule has 0 spiro atoms. The van der Waals surface area contributed by atoms with E-state index in [1.165, 1.54) is 24.3 Å². The molecule has 0 bridgehead atoms. The number of anilines is 2. The molecule has 1 atom stereocenters. The average molecular weight is 300 g/mol. The molecule has 2 aromatic rings. The lowest BCUT2D eigenvalue weighted by atomic mass is 10.1. The molecule has 4 nitrogen and oxygen atoms in total. The zero-order valence-electron chi connectivity index (χ0n) is 12.5. The second kappa shape index (κ2) is 5.67. The first-order chi connectivity index (χ1) is 10.5. The predicted molar refractivity (Wildman–Crippen MR) is 84.0 cm³/mol. The van der Waals surface area contributed by atoms with Crippen LogP contribution in [-0.4, -0.2) is 18.7 Å². The lowest BCUT2D eigenvalue weighted by molar-refractivity contribution is 0.208. The van der Waals surface area contributed by atoms with Gasteiger partial charge in [0.15, 0.2) is 0 Å². The van der Waals surface area contributed by atoms with Gasteiger partial charge >= 0.3 is 6.03 Å². The first-order valence-electron chi connectivity index (χ1n) is 7.14. The van der Waals surface area contributed by atoms with E-state index in [1.54, 1.807) is 4.90 Å². The number of amides is 2. The Morgan fingerprint density at radius 2 is 2.00 bits per heavy atom. The fourth-order valence-corrected chi connectivity index (χ4v) is 2.46. The zero-order valence-corrected chi connectivity index (χ0v) is 12.5. The van der Waals surface area contributed by atoms with E-state index in [0.29, 0.717) is 18.0 Å². The van der Waals surface area contributed by atoms with Gasteiger partial charge in [-0.05, 0) is 55.8 Å². The quantitative estimate of drug-likeness (QED) is 0.866. The van der Waals surface area contributed by atoms with Crippen molar-refractivity contribution in [2.75, 3.05) is 16.8 Å². The molecule has 1 N–H and O–H groups in total. The summed E-state index contributed by atoms with van der Waals surface area (Å²) in [6.45, 7) is 4.35. The van der Waals surface area contributed by atoms with Crippen LogP contribution < -0.4 is 15.0 Å². The summed E-state index contributed by atoms with van der Waals surface area (Å²) < 4.78 is 18.7. The minimum absolute atomic E-state index is 0.0887. The van der Waals surface area contributed by atoms with Gasteiger partial charge in [-0.15, -0.1) is 0 Å². The molecule has 1 heterocycles. The van der Waals surface area contributed by atoms with Crippen molar-refractivity contribution in [3.8, 4) is 5.75 Å². The maximum absolute atomic E-state index is 12.9. The van der Waals surface area contributed by atoms with Crippen LogP contribution in [0.2, 0.25) is 0 Å². The molecule has 1 aliphatic rings. The molecule has 0 aromatic heterocycles. The van der Waals surface area contributed by atoms with E-state index < -0.39 is 0 Å². The number of aryl methyl sites for hydroxylation is 1. The molecule has 1 aliphatic heterocycles. The lowest BCUT2D eigenvalue weighted by Gasteiger charge is -2.33. The van der Waals surface area contributed by atoms with E-state index in [0.717, 1.165) is 11.3 Å². The first kappa shape index (κ1) is 14.4. The number of hydrogen-bond acceptors (Lipinski definition) is 2. The van der Waals surface area contributed by atoms with Crippen LogP contribution in [0.3, 0.4) is 0 Å². The molecule has 5 heteroatoms. The minimum atomic E-state index is -0.334. The molecular weight excluding hydrogens is 283 g/mol. The highest BCUT2D eigenvalue weighted by atomic mass is 19.1.